The third-order valence-electron chi connectivity index (χ3n) is 3.93. The molecule has 0 bridgehead atoms. The molecular weight excluding hydrogens is 212 g/mol. The zero-order chi connectivity index (χ0) is 11.7. The fourth-order valence-electron chi connectivity index (χ4n) is 2.74. The smallest absolute Gasteiger partial charge is 0.0967 e. The van der Waals surface area contributed by atoms with Crippen molar-refractivity contribution in [2.24, 2.45) is 11.8 Å². The van der Waals surface area contributed by atoms with Gasteiger partial charge in [0, 0.05) is 25.8 Å². The van der Waals surface area contributed by atoms with Gasteiger partial charge in [0.05, 0.1) is 18.4 Å². The minimum atomic E-state index is 0.105. The van der Waals surface area contributed by atoms with Crippen LogP contribution in [-0.4, -0.2) is 36.1 Å². The summed E-state index contributed by atoms with van der Waals surface area (Å²) < 4.78 is 5.84. The van der Waals surface area contributed by atoms with Crippen LogP contribution < -0.4 is 0 Å². The van der Waals surface area contributed by atoms with Gasteiger partial charge in [0.25, 0.3) is 0 Å². The first-order chi connectivity index (χ1) is 8.33. The van der Waals surface area contributed by atoms with Crippen LogP contribution in [0.4, 0.5) is 0 Å². The van der Waals surface area contributed by atoms with E-state index in [4.69, 9.17) is 4.74 Å². The van der Waals surface area contributed by atoms with E-state index in [1.54, 1.807) is 0 Å². The van der Waals surface area contributed by atoms with Crippen molar-refractivity contribution in [1.82, 2.24) is 9.88 Å². The molecule has 3 nitrogen and oxygen atoms in total. The summed E-state index contributed by atoms with van der Waals surface area (Å²) in [5.74, 6) is 2.03. The van der Waals surface area contributed by atoms with Crippen LogP contribution in [0.5, 0.6) is 0 Å². The monoisotopic (exact) mass is 232 g/mol. The standard InChI is InChI=1S/C14H20N2O/c1-11(14-4-2-3-5-15-14)17-7-6-16-9-12-8-13(12)10-16/h2-5,11-13H,6-10H2,1H3/t11-,12?,13?/m0/s1. The molecule has 0 spiro atoms. The van der Waals surface area contributed by atoms with E-state index >= 15 is 0 Å². The summed E-state index contributed by atoms with van der Waals surface area (Å²) in [4.78, 5) is 6.84. The van der Waals surface area contributed by atoms with Crippen LogP contribution in [0, 0.1) is 11.8 Å². The molecule has 0 aromatic carbocycles. The normalized spacial score (nSPS) is 29.0. The summed E-state index contributed by atoms with van der Waals surface area (Å²) in [7, 11) is 0. The second kappa shape index (κ2) is 4.75. The highest BCUT2D eigenvalue weighted by Crippen LogP contribution is 2.44. The van der Waals surface area contributed by atoms with Crippen molar-refractivity contribution in [2.45, 2.75) is 19.4 Å². The lowest BCUT2D eigenvalue weighted by atomic mass is 10.2. The van der Waals surface area contributed by atoms with E-state index in [-0.39, 0.29) is 6.10 Å². The Balaban J connectivity index is 1.39. The molecule has 2 heterocycles. The first kappa shape index (κ1) is 11.2. The lowest BCUT2D eigenvalue weighted by Gasteiger charge is -2.19. The molecule has 1 saturated heterocycles. The Morgan fingerprint density at radius 2 is 2.24 bits per heavy atom. The molecule has 2 fully saturated rings. The molecule has 0 amide bonds. The van der Waals surface area contributed by atoms with E-state index in [0.29, 0.717) is 0 Å². The predicted molar refractivity (Wildman–Crippen MR) is 66.6 cm³/mol. The summed E-state index contributed by atoms with van der Waals surface area (Å²) >= 11 is 0. The molecule has 3 rings (SSSR count). The van der Waals surface area contributed by atoms with Gasteiger partial charge in [-0.3, -0.25) is 4.98 Å². The largest absolute Gasteiger partial charge is 0.371 e. The number of likely N-dealkylation sites (tertiary alicyclic amines) is 1. The van der Waals surface area contributed by atoms with E-state index in [1.807, 2.05) is 24.4 Å². The predicted octanol–water partition coefficient (Wildman–Crippen LogP) is 2.11. The van der Waals surface area contributed by atoms with Gasteiger partial charge in [-0.15, -0.1) is 0 Å². The summed E-state index contributed by atoms with van der Waals surface area (Å²) in [6, 6.07) is 5.97. The highest BCUT2D eigenvalue weighted by molar-refractivity contribution is 5.05. The number of rotatable bonds is 5. The number of pyridine rings is 1. The zero-order valence-electron chi connectivity index (χ0n) is 10.4. The molecule has 1 aromatic heterocycles. The second-order valence-electron chi connectivity index (χ2n) is 5.28. The van der Waals surface area contributed by atoms with Crippen LogP contribution in [0.15, 0.2) is 24.4 Å². The van der Waals surface area contributed by atoms with Gasteiger partial charge in [-0.05, 0) is 37.3 Å². The number of hydrogen-bond acceptors (Lipinski definition) is 3. The molecule has 0 N–H and O–H groups in total. The van der Waals surface area contributed by atoms with Crippen molar-refractivity contribution in [3.63, 3.8) is 0 Å². The highest BCUT2D eigenvalue weighted by atomic mass is 16.5. The number of fused-ring (bicyclic) bond motifs is 1. The zero-order valence-corrected chi connectivity index (χ0v) is 10.4. The third-order valence-corrected chi connectivity index (χ3v) is 3.93. The average Bonchev–Trinajstić information content (AvgIpc) is 2.98. The molecule has 1 saturated carbocycles. The summed E-state index contributed by atoms with van der Waals surface area (Å²) in [5, 5.41) is 0. The van der Waals surface area contributed by atoms with Gasteiger partial charge in [0.2, 0.25) is 0 Å². The average molecular weight is 232 g/mol. The Morgan fingerprint density at radius 3 is 2.94 bits per heavy atom. The van der Waals surface area contributed by atoms with Crippen molar-refractivity contribution in [1.29, 1.82) is 0 Å². The highest BCUT2D eigenvalue weighted by Gasteiger charge is 2.44. The second-order valence-corrected chi connectivity index (χ2v) is 5.28. The molecule has 2 aliphatic rings. The maximum Gasteiger partial charge on any atom is 0.0967 e. The fourth-order valence-corrected chi connectivity index (χ4v) is 2.74. The van der Waals surface area contributed by atoms with Crippen LogP contribution >= 0.6 is 0 Å². The Bertz CT molecular complexity index is 358. The van der Waals surface area contributed by atoms with Gasteiger partial charge in [0.15, 0.2) is 0 Å². The SMILES string of the molecule is C[C@H](OCCN1CC2CC2C1)c1ccccn1. The molecular formula is C14H20N2O. The minimum Gasteiger partial charge on any atom is -0.371 e. The molecule has 92 valence electrons. The number of hydrogen-bond donors (Lipinski definition) is 0. The van der Waals surface area contributed by atoms with Gasteiger partial charge in [-0.25, -0.2) is 0 Å². The van der Waals surface area contributed by atoms with Crippen LogP contribution in [0.3, 0.4) is 0 Å². The lowest BCUT2D eigenvalue weighted by molar-refractivity contribution is 0.0474. The van der Waals surface area contributed by atoms with Gasteiger partial charge >= 0.3 is 0 Å². The lowest BCUT2D eigenvalue weighted by Crippen LogP contribution is -2.27. The Labute approximate surface area is 103 Å². The Morgan fingerprint density at radius 1 is 1.41 bits per heavy atom. The summed E-state index contributed by atoms with van der Waals surface area (Å²) in [5.41, 5.74) is 1.02. The van der Waals surface area contributed by atoms with Crippen molar-refractivity contribution in [3.8, 4) is 0 Å². The maximum atomic E-state index is 5.84. The van der Waals surface area contributed by atoms with E-state index < -0.39 is 0 Å². The molecule has 17 heavy (non-hydrogen) atoms. The maximum absolute atomic E-state index is 5.84. The van der Waals surface area contributed by atoms with Crippen molar-refractivity contribution in [2.75, 3.05) is 26.2 Å². The van der Waals surface area contributed by atoms with Gasteiger partial charge in [-0.2, -0.15) is 0 Å². The van der Waals surface area contributed by atoms with E-state index in [0.717, 1.165) is 30.7 Å². The Kier molecular flexibility index (Phi) is 3.12. The molecule has 0 radical (unpaired) electrons. The summed E-state index contributed by atoms with van der Waals surface area (Å²) in [6.45, 7) is 6.56. The molecule has 1 aromatic rings. The van der Waals surface area contributed by atoms with Gasteiger partial charge in [0.1, 0.15) is 0 Å². The first-order valence-electron chi connectivity index (χ1n) is 6.58. The minimum absolute atomic E-state index is 0.105. The molecule has 1 aliphatic heterocycles. The van der Waals surface area contributed by atoms with Crippen molar-refractivity contribution >= 4 is 0 Å². The van der Waals surface area contributed by atoms with Crippen LogP contribution in [0.2, 0.25) is 0 Å². The third kappa shape index (κ3) is 2.67. The molecule has 3 heteroatoms. The van der Waals surface area contributed by atoms with Crippen LogP contribution in [0.25, 0.3) is 0 Å². The number of nitrogens with zero attached hydrogens (tertiary/aromatic N) is 2. The molecule has 2 unspecified atom stereocenters. The van der Waals surface area contributed by atoms with Crippen molar-refractivity contribution < 1.29 is 4.74 Å². The van der Waals surface area contributed by atoms with Gasteiger partial charge in [-0.1, -0.05) is 6.07 Å². The van der Waals surface area contributed by atoms with Crippen LogP contribution in [-0.2, 0) is 4.74 Å². The quantitative estimate of drug-likeness (QED) is 0.777. The number of ether oxygens (including phenoxy) is 1. The van der Waals surface area contributed by atoms with E-state index in [1.165, 1.54) is 19.5 Å². The van der Waals surface area contributed by atoms with E-state index in [9.17, 15) is 0 Å². The molecule has 1 aliphatic carbocycles. The van der Waals surface area contributed by atoms with Crippen LogP contribution in [0.1, 0.15) is 25.1 Å². The van der Waals surface area contributed by atoms with Crippen molar-refractivity contribution in [3.05, 3.63) is 30.1 Å². The first-order valence-corrected chi connectivity index (χ1v) is 6.58. The van der Waals surface area contributed by atoms with Gasteiger partial charge < -0.3 is 9.64 Å². The van der Waals surface area contributed by atoms with E-state index in [2.05, 4.69) is 16.8 Å². The fraction of sp³-hybridized carbons (Fsp3) is 0.643. The number of aromatic nitrogens is 1. The molecule has 3 atom stereocenters. The number of piperidine rings is 1. The summed E-state index contributed by atoms with van der Waals surface area (Å²) in [6.07, 6.45) is 3.40. The Hall–Kier alpha value is -0.930. The topological polar surface area (TPSA) is 25.4 Å².